The Bertz CT molecular complexity index is 517. The van der Waals surface area contributed by atoms with Gasteiger partial charge < -0.3 is 24.8 Å². The number of aliphatic hydroxyl groups is 1. The predicted octanol–water partition coefficient (Wildman–Crippen LogP) is 2.17. The number of piperidine rings is 1. The molecule has 0 bridgehead atoms. The molecule has 3 rings (SSSR count). The summed E-state index contributed by atoms with van der Waals surface area (Å²) < 4.78 is 11.6. The van der Waals surface area contributed by atoms with Crippen LogP contribution < -0.4 is 10.1 Å². The van der Waals surface area contributed by atoms with E-state index in [2.05, 4.69) is 10.2 Å². The molecule has 0 saturated carbocycles. The van der Waals surface area contributed by atoms with E-state index in [4.69, 9.17) is 21.1 Å². The third-order valence-corrected chi connectivity index (χ3v) is 5.23. The van der Waals surface area contributed by atoms with Crippen molar-refractivity contribution in [3.8, 4) is 5.75 Å². The van der Waals surface area contributed by atoms with E-state index >= 15 is 0 Å². The number of likely N-dealkylation sites (tertiary alicyclic amines) is 1. The van der Waals surface area contributed by atoms with E-state index in [9.17, 15) is 5.11 Å². The first-order valence-corrected chi connectivity index (χ1v) is 9.68. The number of rotatable bonds is 8. The van der Waals surface area contributed by atoms with Crippen molar-refractivity contribution in [2.45, 2.75) is 31.5 Å². The van der Waals surface area contributed by atoms with Crippen LogP contribution in [0.3, 0.4) is 0 Å². The fourth-order valence-electron chi connectivity index (χ4n) is 3.48. The molecule has 2 saturated heterocycles. The van der Waals surface area contributed by atoms with Gasteiger partial charge in [-0.25, -0.2) is 0 Å². The van der Waals surface area contributed by atoms with Crippen LogP contribution in [0.25, 0.3) is 0 Å². The molecule has 2 unspecified atom stereocenters. The maximum atomic E-state index is 10.2. The summed E-state index contributed by atoms with van der Waals surface area (Å²) in [6.45, 7) is 5.94. The molecular weight excluding hydrogens is 340 g/mol. The third kappa shape index (κ3) is 6.42. The van der Waals surface area contributed by atoms with Gasteiger partial charge in [-0.2, -0.15) is 0 Å². The smallest absolute Gasteiger partial charge is 0.120 e. The van der Waals surface area contributed by atoms with Crippen LogP contribution in [0, 0.1) is 5.92 Å². The van der Waals surface area contributed by atoms with Gasteiger partial charge in [-0.3, -0.25) is 0 Å². The lowest BCUT2D eigenvalue weighted by Gasteiger charge is -2.33. The third-order valence-electron chi connectivity index (χ3n) is 5.00. The molecule has 2 fully saturated rings. The van der Waals surface area contributed by atoms with Crippen LogP contribution in [0.2, 0.25) is 5.02 Å². The number of ether oxygens (including phenoxy) is 2. The summed E-state index contributed by atoms with van der Waals surface area (Å²) in [5.74, 6) is 1.35. The zero-order chi connectivity index (χ0) is 17.5. The average Bonchev–Trinajstić information content (AvgIpc) is 3.13. The van der Waals surface area contributed by atoms with Gasteiger partial charge in [0.1, 0.15) is 18.5 Å². The molecule has 0 amide bonds. The number of hydrogen-bond acceptors (Lipinski definition) is 5. The summed E-state index contributed by atoms with van der Waals surface area (Å²) in [4.78, 5) is 2.32. The van der Waals surface area contributed by atoms with Crippen molar-refractivity contribution in [1.29, 1.82) is 0 Å². The SMILES string of the molecule is OC(COc1cccc(Cl)c1)CN1CCC(COC2CCNC2)CC1. The molecule has 0 spiro atoms. The topological polar surface area (TPSA) is 54.0 Å². The van der Waals surface area contributed by atoms with E-state index in [1.807, 2.05) is 18.2 Å². The molecule has 2 atom stereocenters. The van der Waals surface area contributed by atoms with Gasteiger partial charge in [0.2, 0.25) is 0 Å². The Hall–Kier alpha value is -0.850. The number of nitrogens with zero attached hydrogens (tertiary/aromatic N) is 1. The van der Waals surface area contributed by atoms with Gasteiger partial charge in [0.15, 0.2) is 0 Å². The van der Waals surface area contributed by atoms with E-state index in [0.717, 1.165) is 52.0 Å². The molecule has 2 aliphatic heterocycles. The highest BCUT2D eigenvalue weighted by Gasteiger charge is 2.23. The Balaban J connectivity index is 1.30. The van der Waals surface area contributed by atoms with Crippen LogP contribution in [0.1, 0.15) is 19.3 Å². The van der Waals surface area contributed by atoms with Crippen molar-refractivity contribution in [2.24, 2.45) is 5.92 Å². The molecule has 25 heavy (non-hydrogen) atoms. The lowest BCUT2D eigenvalue weighted by molar-refractivity contribution is 0.0119. The summed E-state index contributed by atoms with van der Waals surface area (Å²) in [5.41, 5.74) is 0. The number of hydrogen-bond donors (Lipinski definition) is 2. The number of β-amino-alcohol motifs (C(OH)–C–C–N with tert-alkyl or cyclic N) is 1. The van der Waals surface area contributed by atoms with E-state index < -0.39 is 6.10 Å². The monoisotopic (exact) mass is 368 g/mol. The van der Waals surface area contributed by atoms with Crippen molar-refractivity contribution in [2.75, 3.05) is 45.9 Å². The molecule has 1 aromatic rings. The minimum Gasteiger partial charge on any atom is -0.491 e. The number of aliphatic hydroxyl groups excluding tert-OH is 1. The highest BCUT2D eigenvalue weighted by atomic mass is 35.5. The number of nitrogens with one attached hydrogen (secondary N) is 1. The van der Waals surface area contributed by atoms with Gasteiger partial charge in [0, 0.05) is 24.7 Å². The largest absolute Gasteiger partial charge is 0.491 e. The maximum Gasteiger partial charge on any atom is 0.120 e. The molecular formula is C19H29ClN2O3. The van der Waals surface area contributed by atoms with Gasteiger partial charge in [0.05, 0.1) is 6.10 Å². The lowest BCUT2D eigenvalue weighted by Crippen LogP contribution is -2.41. The van der Waals surface area contributed by atoms with Crippen molar-refractivity contribution in [3.05, 3.63) is 29.3 Å². The van der Waals surface area contributed by atoms with E-state index in [1.54, 1.807) is 6.07 Å². The van der Waals surface area contributed by atoms with Gasteiger partial charge >= 0.3 is 0 Å². The van der Waals surface area contributed by atoms with E-state index in [0.29, 0.717) is 29.3 Å². The highest BCUT2D eigenvalue weighted by molar-refractivity contribution is 6.30. The van der Waals surface area contributed by atoms with Gasteiger partial charge in [-0.15, -0.1) is 0 Å². The molecule has 0 aromatic heterocycles. The standard InChI is InChI=1S/C19H29ClN2O3/c20-16-2-1-3-18(10-16)25-14-17(23)12-22-8-5-15(6-9-22)13-24-19-4-7-21-11-19/h1-3,10,15,17,19,21,23H,4-9,11-14H2. The van der Waals surface area contributed by atoms with Crippen LogP contribution in [-0.4, -0.2) is 68.2 Å². The normalized spacial score (nSPS) is 23.7. The second-order valence-corrected chi connectivity index (χ2v) is 7.55. The maximum absolute atomic E-state index is 10.2. The summed E-state index contributed by atoms with van der Waals surface area (Å²) in [6.07, 6.45) is 3.33. The van der Waals surface area contributed by atoms with Crippen molar-refractivity contribution >= 4 is 11.6 Å². The van der Waals surface area contributed by atoms with Crippen LogP contribution in [0.4, 0.5) is 0 Å². The fourth-order valence-corrected chi connectivity index (χ4v) is 3.66. The summed E-state index contributed by atoms with van der Waals surface area (Å²) in [5, 5.41) is 14.2. The van der Waals surface area contributed by atoms with Gasteiger partial charge in [-0.05, 0) is 63.0 Å². The molecule has 2 heterocycles. The molecule has 2 N–H and O–H groups in total. The number of benzene rings is 1. The average molecular weight is 369 g/mol. The Labute approximate surface area is 155 Å². The zero-order valence-electron chi connectivity index (χ0n) is 14.7. The first-order chi connectivity index (χ1) is 12.2. The Morgan fingerprint density at radius 2 is 2.12 bits per heavy atom. The molecule has 1 aromatic carbocycles. The van der Waals surface area contributed by atoms with Gasteiger partial charge in [0.25, 0.3) is 0 Å². The van der Waals surface area contributed by atoms with Crippen LogP contribution in [-0.2, 0) is 4.74 Å². The molecule has 6 heteroatoms. The Morgan fingerprint density at radius 3 is 2.84 bits per heavy atom. The van der Waals surface area contributed by atoms with Crippen molar-refractivity contribution in [1.82, 2.24) is 10.2 Å². The number of halogens is 1. The minimum absolute atomic E-state index is 0.290. The van der Waals surface area contributed by atoms with Crippen LogP contribution >= 0.6 is 11.6 Å². The Kier molecular flexibility index (Phi) is 7.37. The quantitative estimate of drug-likeness (QED) is 0.736. The lowest BCUT2D eigenvalue weighted by atomic mass is 9.97. The molecule has 5 nitrogen and oxygen atoms in total. The zero-order valence-corrected chi connectivity index (χ0v) is 15.5. The predicted molar refractivity (Wildman–Crippen MR) is 99.3 cm³/mol. The second-order valence-electron chi connectivity index (χ2n) is 7.11. The van der Waals surface area contributed by atoms with E-state index in [1.165, 1.54) is 0 Å². The summed E-state index contributed by atoms with van der Waals surface area (Å²) in [7, 11) is 0. The first-order valence-electron chi connectivity index (χ1n) is 9.30. The van der Waals surface area contributed by atoms with Crippen molar-refractivity contribution < 1.29 is 14.6 Å². The van der Waals surface area contributed by atoms with Gasteiger partial charge in [-0.1, -0.05) is 17.7 Å². The fraction of sp³-hybridized carbons (Fsp3) is 0.684. The molecule has 140 valence electrons. The molecule has 0 radical (unpaired) electrons. The molecule has 2 aliphatic rings. The second kappa shape index (κ2) is 9.74. The van der Waals surface area contributed by atoms with Crippen LogP contribution in [0.15, 0.2) is 24.3 Å². The van der Waals surface area contributed by atoms with E-state index in [-0.39, 0.29) is 6.61 Å². The van der Waals surface area contributed by atoms with Crippen molar-refractivity contribution in [3.63, 3.8) is 0 Å². The summed E-state index contributed by atoms with van der Waals surface area (Å²) >= 11 is 5.93. The first kappa shape index (κ1) is 18.9. The Morgan fingerprint density at radius 1 is 1.28 bits per heavy atom. The van der Waals surface area contributed by atoms with Crippen LogP contribution in [0.5, 0.6) is 5.75 Å². The minimum atomic E-state index is -0.489. The summed E-state index contributed by atoms with van der Waals surface area (Å²) in [6, 6.07) is 7.27. The molecule has 0 aliphatic carbocycles. The highest BCUT2D eigenvalue weighted by Crippen LogP contribution is 2.20.